The first-order valence-electron chi connectivity index (χ1n) is 10.3. The van der Waals surface area contributed by atoms with Gasteiger partial charge in [0.15, 0.2) is 5.65 Å². The maximum atomic E-state index is 12.6. The molecule has 0 spiro atoms. The fourth-order valence-corrected chi connectivity index (χ4v) is 4.34. The molecule has 6 heteroatoms. The van der Waals surface area contributed by atoms with E-state index in [1.807, 2.05) is 23.2 Å². The lowest BCUT2D eigenvalue weighted by Gasteiger charge is -2.33. The number of hydrogen-bond acceptors (Lipinski definition) is 5. The van der Waals surface area contributed by atoms with Crippen molar-refractivity contribution in [2.75, 3.05) is 26.3 Å². The molecule has 3 aromatic heterocycles. The normalized spacial score (nSPS) is 20.3. The van der Waals surface area contributed by atoms with E-state index in [4.69, 9.17) is 9.72 Å². The summed E-state index contributed by atoms with van der Waals surface area (Å²) in [4.78, 5) is 28.1. The van der Waals surface area contributed by atoms with Gasteiger partial charge in [-0.3, -0.25) is 9.78 Å². The van der Waals surface area contributed by atoms with Gasteiger partial charge in [0, 0.05) is 60.8 Å². The van der Waals surface area contributed by atoms with Crippen LogP contribution in [-0.2, 0) is 9.53 Å². The van der Waals surface area contributed by atoms with Crippen LogP contribution in [0, 0.1) is 5.92 Å². The van der Waals surface area contributed by atoms with Crippen LogP contribution in [0.2, 0.25) is 0 Å². The summed E-state index contributed by atoms with van der Waals surface area (Å²) in [7, 11) is 0. The molecule has 2 aliphatic heterocycles. The van der Waals surface area contributed by atoms with Crippen LogP contribution in [0.5, 0.6) is 0 Å². The van der Waals surface area contributed by atoms with Crippen molar-refractivity contribution in [3.05, 3.63) is 54.6 Å². The molecule has 5 heterocycles. The van der Waals surface area contributed by atoms with Crippen molar-refractivity contribution in [3.8, 4) is 11.1 Å². The minimum Gasteiger partial charge on any atom is -0.381 e. The van der Waals surface area contributed by atoms with Gasteiger partial charge in [0.1, 0.15) is 0 Å². The van der Waals surface area contributed by atoms with Crippen LogP contribution >= 0.6 is 0 Å². The summed E-state index contributed by atoms with van der Waals surface area (Å²) >= 11 is 0. The van der Waals surface area contributed by atoms with Gasteiger partial charge in [0.2, 0.25) is 5.91 Å². The summed E-state index contributed by atoms with van der Waals surface area (Å²) in [5.74, 6) is 0.701. The summed E-state index contributed by atoms with van der Waals surface area (Å²) in [6.45, 7) is 2.89. The number of hydrogen-bond donors (Lipinski definition) is 0. The molecule has 0 saturated carbocycles. The predicted molar refractivity (Wildman–Crippen MR) is 110 cm³/mol. The maximum absolute atomic E-state index is 12.6. The summed E-state index contributed by atoms with van der Waals surface area (Å²) in [5, 5.41) is 1.04. The van der Waals surface area contributed by atoms with Crippen molar-refractivity contribution in [3.63, 3.8) is 0 Å². The Labute approximate surface area is 170 Å². The van der Waals surface area contributed by atoms with Crippen LogP contribution in [-0.4, -0.2) is 52.1 Å². The van der Waals surface area contributed by atoms with E-state index in [-0.39, 0.29) is 11.8 Å². The zero-order chi connectivity index (χ0) is 19.6. The number of ether oxygens (including phenoxy) is 1. The topological polar surface area (TPSA) is 68.2 Å². The fourth-order valence-electron chi connectivity index (χ4n) is 4.34. The van der Waals surface area contributed by atoms with Gasteiger partial charge in [0.05, 0.1) is 12.5 Å². The third-order valence-corrected chi connectivity index (χ3v) is 6.08. The average Bonchev–Trinajstić information content (AvgIpc) is 3.34. The quantitative estimate of drug-likeness (QED) is 0.688. The number of piperidine rings is 1. The summed E-state index contributed by atoms with van der Waals surface area (Å²) in [6, 6.07) is 10.3. The van der Waals surface area contributed by atoms with Crippen molar-refractivity contribution in [1.29, 1.82) is 0 Å². The summed E-state index contributed by atoms with van der Waals surface area (Å²) in [5.41, 5.74) is 4.03. The second-order valence-electron chi connectivity index (χ2n) is 7.90. The van der Waals surface area contributed by atoms with Crippen molar-refractivity contribution in [1.82, 2.24) is 19.9 Å². The average molecular weight is 388 g/mol. The molecular weight excluding hydrogens is 364 g/mol. The standard InChI is InChI=1S/C23H24N4O2/c28-23(19-7-12-29-15-19)27-10-5-17(6-11-27)21-2-1-18-13-20(14-25-22(18)26-21)16-3-8-24-9-4-16/h1-4,8-9,13-14,17,19H,5-7,10-12,15H2. The van der Waals surface area contributed by atoms with Crippen LogP contribution in [0.1, 0.15) is 30.9 Å². The van der Waals surface area contributed by atoms with E-state index in [1.165, 1.54) is 0 Å². The van der Waals surface area contributed by atoms with Crippen LogP contribution in [0.15, 0.2) is 48.9 Å². The minimum absolute atomic E-state index is 0.0594. The molecule has 1 atom stereocenters. The van der Waals surface area contributed by atoms with Crippen LogP contribution in [0.3, 0.4) is 0 Å². The number of carbonyl (C=O) groups is 1. The van der Waals surface area contributed by atoms with Crippen molar-refractivity contribution >= 4 is 16.9 Å². The van der Waals surface area contributed by atoms with E-state index in [2.05, 4.69) is 28.2 Å². The summed E-state index contributed by atoms with van der Waals surface area (Å²) in [6.07, 6.45) is 8.22. The number of nitrogens with zero attached hydrogens (tertiary/aromatic N) is 4. The van der Waals surface area contributed by atoms with Crippen molar-refractivity contribution < 1.29 is 9.53 Å². The molecule has 0 aromatic carbocycles. The molecule has 1 amide bonds. The molecule has 148 valence electrons. The number of rotatable bonds is 3. The van der Waals surface area contributed by atoms with E-state index < -0.39 is 0 Å². The molecule has 29 heavy (non-hydrogen) atoms. The molecular formula is C23H24N4O2. The van der Waals surface area contributed by atoms with Gasteiger partial charge in [-0.05, 0) is 55.2 Å². The Morgan fingerprint density at radius 3 is 2.62 bits per heavy atom. The molecule has 3 aromatic rings. The molecule has 2 aliphatic rings. The number of amides is 1. The first-order chi connectivity index (χ1) is 14.3. The fraction of sp³-hybridized carbons (Fsp3) is 0.391. The first-order valence-corrected chi connectivity index (χ1v) is 10.3. The van der Waals surface area contributed by atoms with Crippen LogP contribution < -0.4 is 0 Å². The van der Waals surface area contributed by atoms with Gasteiger partial charge >= 0.3 is 0 Å². The summed E-state index contributed by atoms with van der Waals surface area (Å²) < 4.78 is 5.37. The minimum atomic E-state index is 0.0594. The molecule has 2 saturated heterocycles. The Morgan fingerprint density at radius 2 is 1.86 bits per heavy atom. The molecule has 0 bridgehead atoms. The van der Waals surface area contributed by atoms with Crippen LogP contribution in [0.4, 0.5) is 0 Å². The van der Waals surface area contributed by atoms with E-state index in [0.29, 0.717) is 19.1 Å². The number of likely N-dealkylation sites (tertiary alicyclic amines) is 1. The van der Waals surface area contributed by atoms with Gasteiger partial charge < -0.3 is 9.64 Å². The number of pyridine rings is 3. The number of carbonyl (C=O) groups excluding carboxylic acids is 1. The number of aromatic nitrogens is 3. The highest BCUT2D eigenvalue weighted by molar-refractivity contribution is 5.81. The van der Waals surface area contributed by atoms with Gasteiger partial charge in [-0.1, -0.05) is 0 Å². The first kappa shape index (κ1) is 18.2. The van der Waals surface area contributed by atoms with E-state index in [9.17, 15) is 4.79 Å². The van der Waals surface area contributed by atoms with Gasteiger partial charge in [0.25, 0.3) is 0 Å². The third-order valence-electron chi connectivity index (χ3n) is 6.08. The van der Waals surface area contributed by atoms with E-state index in [0.717, 1.165) is 60.2 Å². The molecule has 1 unspecified atom stereocenters. The van der Waals surface area contributed by atoms with E-state index in [1.54, 1.807) is 12.4 Å². The van der Waals surface area contributed by atoms with Crippen molar-refractivity contribution in [2.24, 2.45) is 5.92 Å². The molecule has 6 nitrogen and oxygen atoms in total. The second-order valence-corrected chi connectivity index (χ2v) is 7.90. The maximum Gasteiger partial charge on any atom is 0.228 e. The van der Waals surface area contributed by atoms with Gasteiger partial charge in [-0.25, -0.2) is 9.97 Å². The second kappa shape index (κ2) is 7.87. The Hall–Kier alpha value is -2.86. The number of fused-ring (bicyclic) bond motifs is 1. The predicted octanol–water partition coefficient (Wildman–Crippen LogP) is 3.43. The highest BCUT2D eigenvalue weighted by atomic mass is 16.5. The Balaban J connectivity index is 1.29. The lowest BCUT2D eigenvalue weighted by atomic mass is 9.92. The molecule has 0 N–H and O–H groups in total. The largest absolute Gasteiger partial charge is 0.381 e. The molecule has 0 aliphatic carbocycles. The van der Waals surface area contributed by atoms with Gasteiger partial charge in [-0.15, -0.1) is 0 Å². The Kier molecular flexibility index (Phi) is 4.94. The Bertz CT molecular complexity index is 1010. The Morgan fingerprint density at radius 1 is 1.03 bits per heavy atom. The molecule has 5 rings (SSSR count). The monoisotopic (exact) mass is 388 g/mol. The van der Waals surface area contributed by atoms with Gasteiger partial charge in [-0.2, -0.15) is 0 Å². The molecule has 2 fully saturated rings. The lowest BCUT2D eigenvalue weighted by molar-refractivity contribution is -0.136. The highest BCUT2D eigenvalue weighted by Crippen LogP contribution is 2.30. The zero-order valence-electron chi connectivity index (χ0n) is 16.3. The smallest absolute Gasteiger partial charge is 0.228 e. The third kappa shape index (κ3) is 3.72. The highest BCUT2D eigenvalue weighted by Gasteiger charge is 2.31. The SMILES string of the molecule is O=C(C1CCOC1)N1CCC(c2ccc3cc(-c4ccncc4)cnc3n2)CC1. The van der Waals surface area contributed by atoms with E-state index >= 15 is 0 Å². The van der Waals surface area contributed by atoms with Crippen LogP contribution in [0.25, 0.3) is 22.2 Å². The van der Waals surface area contributed by atoms with Crippen molar-refractivity contribution in [2.45, 2.75) is 25.2 Å². The zero-order valence-corrected chi connectivity index (χ0v) is 16.3. The molecule has 0 radical (unpaired) electrons. The lowest BCUT2D eigenvalue weighted by Crippen LogP contribution is -2.41.